The van der Waals surface area contributed by atoms with Gasteiger partial charge in [-0.05, 0) is 53.7 Å². The lowest BCUT2D eigenvalue weighted by Crippen LogP contribution is -2.52. The van der Waals surface area contributed by atoms with Gasteiger partial charge in [0.25, 0.3) is 5.91 Å². The van der Waals surface area contributed by atoms with Gasteiger partial charge in [0.15, 0.2) is 0 Å². The van der Waals surface area contributed by atoms with Crippen LogP contribution in [0.1, 0.15) is 34.5 Å². The molecule has 1 heterocycles. The van der Waals surface area contributed by atoms with Crippen LogP contribution in [0.5, 0.6) is 0 Å². The molecule has 0 aliphatic heterocycles. The SMILES string of the molecule is Cc1cc(C(=O)NC2(C#N)CCC2)sc1Br. The first-order valence-corrected chi connectivity index (χ1v) is 6.67. The summed E-state index contributed by atoms with van der Waals surface area (Å²) < 4.78 is 0.970. The third kappa shape index (κ3) is 2.00. The van der Waals surface area contributed by atoms with Crippen LogP contribution in [0.2, 0.25) is 0 Å². The van der Waals surface area contributed by atoms with Gasteiger partial charge < -0.3 is 5.32 Å². The number of halogens is 1. The van der Waals surface area contributed by atoms with Gasteiger partial charge in [-0.1, -0.05) is 0 Å². The van der Waals surface area contributed by atoms with Crippen molar-refractivity contribution in [1.82, 2.24) is 5.32 Å². The number of nitrogens with one attached hydrogen (secondary N) is 1. The summed E-state index contributed by atoms with van der Waals surface area (Å²) in [6, 6.07) is 4.04. The number of hydrogen-bond donors (Lipinski definition) is 1. The molecule has 0 unspecified atom stereocenters. The first-order valence-electron chi connectivity index (χ1n) is 5.06. The summed E-state index contributed by atoms with van der Waals surface area (Å²) in [5.41, 5.74) is 0.441. The van der Waals surface area contributed by atoms with Gasteiger partial charge in [-0.2, -0.15) is 5.26 Å². The fourth-order valence-corrected chi connectivity index (χ4v) is 3.08. The Hall–Kier alpha value is -0.860. The van der Waals surface area contributed by atoms with Crippen molar-refractivity contribution in [1.29, 1.82) is 5.26 Å². The molecule has 1 aliphatic carbocycles. The average Bonchev–Trinajstić information content (AvgIpc) is 2.53. The third-order valence-corrected chi connectivity index (χ3v) is 4.99. The van der Waals surface area contributed by atoms with E-state index < -0.39 is 5.54 Å². The largest absolute Gasteiger partial charge is 0.333 e. The van der Waals surface area contributed by atoms with E-state index in [9.17, 15) is 4.79 Å². The number of amides is 1. The molecule has 1 amide bonds. The smallest absolute Gasteiger partial charge is 0.262 e. The molecule has 0 spiro atoms. The van der Waals surface area contributed by atoms with Gasteiger partial charge in [0.05, 0.1) is 14.7 Å². The Labute approximate surface area is 107 Å². The molecule has 0 aromatic carbocycles. The second-order valence-electron chi connectivity index (χ2n) is 4.07. The van der Waals surface area contributed by atoms with Crippen molar-refractivity contribution in [3.8, 4) is 6.07 Å². The minimum atomic E-state index is -0.610. The summed E-state index contributed by atoms with van der Waals surface area (Å²) in [5.74, 6) is -0.139. The fourth-order valence-electron chi connectivity index (χ4n) is 1.65. The lowest BCUT2D eigenvalue weighted by atomic mass is 9.78. The molecule has 1 aromatic rings. The van der Waals surface area contributed by atoms with E-state index in [-0.39, 0.29) is 5.91 Å². The third-order valence-electron chi connectivity index (χ3n) is 2.85. The van der Waals surface area contributed by atoms with E-state index >= 15 is 0 Å². The van der Waals surface area contributed by atoms with Crippen molar-refractivity contribution >= 4 is 33.2 Å². The molecule has 1 aliphatic rings. The second kappa shape index (κ2) is 4.19. The Morgan fingerprint density at radius 1 is 1.69 bits per heavy atom. The standard InChI is InChI=1S/C11H11BrN2OS/c1-7-5-8(16-9(7)12)10(15)14-11(6-13)3-2-4-11/h5H,2-4H2,1H3,(H,14,15). The Morgan fingerprint density at radius 2 is 2.38 bits per heavy atom. The van der Waals surface area contributed by atoms with E-state index in [1.54, 1.807) is 0 Å². The highest BCUT2D eigenvalue weighted by atomic mass is 79.9. The molecule has 2 rings (SSSR count). The van der Waals surface area contributed by atoms with Gasteiger partial charge in [0.2, 0.25) is 0 Å². The van der Waals surface area contributed by atoms with Crippen LogP contribution in [-0.2, 0) is 0 Å². The molecule has 1 saturated carbocycles. The van der Waals surface area contributed by atoms with Crippen molar-refractivity contribution in [2.75, 3.05) is 0 Å². The van der Waals surface area contributed by atoms with E-state index in [4.69, 9.17) is 5.26 Å². The number of nitriles is 1. The summed E-state index contributed by atoms with van der Waals surface area (Å²) in [6.45, 7) is 1.95. The Bertz CT molecular complexity index is 451. The molecule has 5 heteroatoms. The zero-order chi connectivity index (χ0) is 11.8. The number of hydrogen-bond acceptors (Lipinski definition) is 3. The lowest BCUT2D eigenvalue weighted by Gasteiger charge is -2.35. The van der Waals surface area contributed by atoms with E-state index in [1.165, 1.54) is 11.3 Å². The molecule has 84 valence electrons. The van der Waals surface area contributed by atoms with E-state index in [2.05, 4.69) is 27.3 Å². The number of nitrogens with zero attached hydrogens (tertiary/aromatic N) is 1. The van der Waals surface area contributed by atoms with E-state index in [1.807, 2.05) is 13.0 Å². The van der Waals surface area contributed by atoms with Gasteiger partial charge in [0, 0.05) is 0 Å². The van der Waals surface area contributed by atoms with Crippen molar-refractivity contribution in [3.05, 3.63) is 20.3 Å². The van der Waals surface area contributed by atoms with Crippen LogP contribution in [-0.4, -0.2) is 11.4 Å². The lowest BCUT2D eigenvalue weighted by molar-refractivity contribution is 0.0885. The number of rotatable bonds is 2. The molecular weight excluding hydrogens is 288 g/mol. The highest BCUT2D eigenvalue weighted by molar-refractivity contribution is 9.11. The van der Waals surface area contributed by atoms with Gasteiger partial charge in [-0.15, -0.1) is 11.3 Å². The Balaban J connectivity index is 2.12. The van der Waals surface area contributed by atoms with Crippen LogP contribution < -0.4 is 5.32 Å². The summed E-state index contributed by atoms with van der Waals surface area (Å²) in [7, 11) is 0. The summed E-state index contributed by atoms with van der Waals surface area (Å²) in [6.07, 6.45) is 2.54. The molecule has 1 aromatic heterocycles. The highest BCUT2D eigenvalue weighted by Crippen LogP contribution is 2.32. The van der Waals surface area contributed by atoms with Gasteiger partial charge >= 0.3 is 0 Å². The number of thiophene rings is 1. The number of carbonyl (C=O) groups is 1. The van der Waals surface area contributed by atoms with Crippen molar-refractivity contribution in [2.24, 2.45) is 0 Å². The zero-order valence-corrected chi connectivity index (χ0v) is 11.2. The van der Waals surface area contributed by atoms with E-state index in [0.29, 0.717) is 4.88 Å². The Kier molecular flexibility index (Phi) is 3.04. The highest BCUT2D eigenvalue weighted by Gasteiger charge is 2.39. The molecule has 1 N–H and O–H groups in total. The average molecular weight is 299 g/mol. The number of aryl methyl sites for hydroxylation is 1. The van der Waals surface area contributed by atoms with Crippen LogP contribution in [0.15, 0.2) is 9.85 Å². The van der Waals surface area contributed by atoms with Crippen LogP contribution in [0, 0.1) is 18.3 Å². The molecule has 0 bridgehead atoms. The Morgan fingerprint density at radius 3 is 2.75 bits per heavy atom. The zero-order valence-electron chi connectivity index (χ0n) is 8.84. The molecule has 1 fully saturated rings. The summed E-state index contributed by atoms with van der Waals surface area (Å²) in [4.78, 5) is 12.6. The minimum absolute atomic E-state index is 0.139. The van der Waals surface area contributed by atoms with Crippen molar-refractivity contribution < 1.29 is 4.79 Å². The predicted octanol–water partition coefficient (Wildman–Crippen LogP) is 3.00. The topological polar surface area (TPSA) is 52.9 Å². The maximum atomic E-state index is 11.9. The van der Waals surface area contributed by atoms with E-state index in [0.717, 1.165) is 28.6 Å². The summed E-state index contributed by atoms with van der Waals surface area (Å²) in [5, 5.41) is 11.8. The maximum absolute atomic E-state index is 11.9. The van der Waals surface area contributed by atoms with Crippen molar-refractivity contribution in [3.63, 3.8) is 0 Å². The van der Waals surface area contributed by atoms with Crippen LogP contribution in [0.3, 0.4) is 0 Å². The van der Waals surface area contributed by atoms with Crippen LogP contribution in [0.4, 0.5) is 0 Å². The maximum Gasteiger partial charge on any atom is 0.262 e. The van der Waals surface area contributed by atoms with Crippen molar-refractivity contribution in [2.45, 2.75) is 31.7 Å². The summed E-state index contributed by atoms with van der Waals surface area (Å²) >= 11 is 4.79. The second-order valence-corrected chi connectivity index (χ2v) is 6.44. The number of carbonyl (C=O) groups excluding carboxylic acids is 1. The molecule has 0 radical (unpaired) electrons. The molecule has 0 saturated heterocycles. The van der Waals surface area contributed by atoms with Crippen LogP contribution >= 0.6 is 27.3 Å². The predicted molar refractivity (Wildman–Crippen MR) is 66.4 cm³/mol. The first-order chi connectivity index (χ1) is 7.56. The van der Waals surface area contributed by atoms with Gasteiger partial charge in [-0.25, -0.2) is 0 Å². The molecule has 0 atom stereocenters. The molecule has 16 heavy (non-hydrogen) atoms. The first kappa shape index (κ1) is 11.6. The molecular formula is C11H11BrN2OS. The van der Waals surface area contributed by atoms with Crippen LogP contribution in [0.25, 0.3) is 0 Å². The van der Waals surface area contributed by atoms with Gasteiger partial charge in [0.1, 0.15) is 5.54 Å². The van der Waals surface area contributed by atoms with Gasteiger partial charge in [-0.3, -0.25) is 4.79 Å². The normalized spacial score (nSPS) is 17.3. The fraction of sp³-hybridized carbons (Fsp3) is 0.455. The minimum Gasteiger partial charge on any atom is -0.333 e. The monoisotopic (exact) mass is 298 g/mol. The molecule has 3 nitrogen and oxygen atoms in total. The quantitative estimate of drug-likeness (QED) is 0.912.